The van der Waals surface area contributed by atoms with Gasteiger partial charge in [-0.1, -0.05) is 73.5 Å². The minimum atomic E-state index is -0.0853. The van der Waals surface area contributed by atoms with Crippen molar-refractivity contribution in [3.05, 3.63) is 72.4 Å². The lowest BCUT2D eigenvalue weighted by Crippen LogP contribution is -2.05. The highest BCUT2D eigenvalue weighted by molar-refractivity contribution is 5.85. The lowest BCUT2D eigenvalue weighted by atomic mass is 10.0. The number of hydrogen-bond donors (Lipinski definition) is 0. The Morgan fingerprint density at radius 1 is 0.886 bits per heavy atom. The number of carbonyl (C=O) groups excluding carboxylic acids is 1. The molecule has 0 amide bonds. The van der Waals surface area contributed by atoms with Crippen LogP contribution in [0.5, 0.6) is 0 Å². The Labute approximate surface area is 207 Å². The second kappa shape index (κ2) is 10.9. The first-order valence-corrected chi connectivity index (χ1v) is 12.9. The highest BCUT2D eigenvalue weighted by atomic mass is 16.5. The number of aromatic nitrogens is 3. The molecule has 0 N–H and O–H groups in total. The summed E-state index contributed by atoms with van der Waals surface area (Å²) in [7, 11) is 0. The van der Waals surface area contributed by atoms with Crippen molar-refractivity contribution in [1.29, 1.82) is 0 Å². The molecular formula is C30H33N3O2. The Morgan fingerprint density at radius 3 is 2.14 bits per heavy atom. The van der Waals surface area contributed by atoms with E-state index in [1.165, 1.54) is 18.5 Å². The second-order valence-electron chi connectivity index (χ2n) is 9.33. The minimum absolute atomic E-state index is 0.0853. The summed E-state index contributed by atoms with van der Waals surface area (Å²) in [6.07, 6.45) is 7.08. The highest BCUT2D eigenvalue weighted by Crippen LogP contribution is 2.43. The average molecular weight is 468 g/mol. The highest BCUT2D eigenvalue weighted by Gasteiger charge is 2.29. The zero-order valence-electron chi connectivity index (χ0n) is 20.5. The van der Waals surface area contributed by atoms with Gasteiger partial charge in [-0.15, -0.1) is 0 Å². The van der Waals surface area contributed by atoms with E-state index in [1.807, 2.05) is 19.1 Å². The molecule has 2 aromatic carbocycles. The van der Waals surface area contributed by atoms with E-state index in [9.17, 15) is 4.79 Å². The summed E-state index contributed by atoms with van der Waals surface area (Å²) in [6, 6.07) is 23.0. The van der Waals surface area contributed by atoms with E-state index in [0.29, 0.717) is 18.9 Å². The van der Waals surface area contributed by atoms with Gasteiger partial charge in [-0.05, 0) is 44.6 Å². The minimum Gasteiger partial charge on any atom is -0.466 e. The van der Waals surface area contributed by atoms with E-state index in [2.05, 4.69) is 59.2 Å². The van der Waals surface area contributed by atoms with Crippen molar-refractivity contribution < 1.29 is 9.53 Å². The van der Waals surface area contributed by atoms with Gasteiger partial charge in [-0.25, -0.2) is 9.97 Å². The van der Waals surface area contributed by atoms with Crippen LogP contribution < -0.4 is 0 Å². The van der Waals surface area contributed by atoms with Crippen LogP contribution in [-0.4, -0.2) is 27.1 Å². The first kappa shape index (κ1) is 23.3. The van der Waals surface area contributed by atoms with E-state index in [-0.39, 0.29) is 5.97 Å². The van der Waals surface area contributed by atoms with Crippen molar-refractivity contribution in [2.24, 2.45) is 0 Å². The molecule has 0 atom stereocenters. The molecule has 2 heterocycles. The second-order valence-corrected chi connectivity index (χ2v) is 9.33. The van der Waals surface area contributed by atoms with Crippen LogP contribution in [0.3, 0.4) is 0 Å². The van der Waals surface area contributed by atoms with Crippen LogP contribution in [-0.2, 0) is 16.1 Å². The topological polar surface area (TPSA) is 57.0 Å². The van der Waals surface area contributed by atoms with Crippen LogP contribution in [0.2, 0.25) is 0 Å². The molecule has 0 saturated heterocycles. The average Bonchev–Trinajstić information content (AvgIpc) is 3.68. The fraction of sp³-hybridized carbons (Fsp3) is 0.367. The van der Waals surface area contributed by atoms with E-state index in [4.69, 9.17) is 14.7 Å². The largest absolute Gasteiger partial charge is 0.466 e. The van der Waals surface area contributed by atoms with Gasteiger partial charge < -0.3 is 9.30 Å². The molecular weight excluding hydrogens is 434 g/mol. The number of fused-ring (bicyclic) bond motifs is 1. The Hall–Kier alpha value is -3.47. The molecule has 0 bridgehead atoms. The quantitative estimate of drug-likeness (QED) is 0.173. The van der Waals surface area contributed by atoms with E-state index in [0.717, 1.165) is 65.9 Å². The van der Waals surface area contributed by atoms with E-state index >= 15 is 0 Å². The molecule has 180 valence electrons. The van der Waals surface area contributed by atoms with Gasteiger partial charge in [0.05, 0.1) is 18.0 Å². The Balaban J connectivity index is 1.43. The molecule has 0 aliphatic heterocycles. The predicted octanol–water partition coefficient (Wildman–Crippen LogP) is 7.16. The van der Waals surface area contributed by atoms with Crippen LogP contribution in [0.1, 0.15) is 63.5 Å². The fourth-order valence-electron chi connectivity index (χ4n) is 4.75. The third-order valence-electron chi connectivity index (χ3n) is 6.66. The van der Waals surface area contributed by atoms with Crippen LogP contribution in [0.25, 0.3) is 33.7 Å². The molecule has 0 unspecified atom stereocenters. The lowest BCUT2D eigenvalue weighted by molar-refractivity contribution is -0.143. The Bertz CT molecular complexity index is 1280. The van der Waals surface area contributed by atoms with Crippen LogP contribution in [0.15, 0.2) is 66.7 Å². The molecule has 0 spiro atoms. The molecule has 5 heteroatoms. The number of rotatable bonds is 11. The zero-order chi connectivity index (χ0) is 24.0. The Morgan fingerprint density at radius 2 is 1.51 bits per heavy atom. The number of ether oxygens (including phenoxy) is 1. The monoisotopic (exact) mass is 467 g/mol. The van der Waals surface area contributed by atoms with Gasteiger partial charge in [0.1, 0.15) is 5.52 Å². The van der Waals surface area contributed by atoms with Crippen molar-refractivity contribution in [3.8, 4) is 22.5 Å². The van der Waals surface area contributed by atoms with Crippen molar-refractivity contribution >= 4 is 17.1 Å². The Kier molecular flexibility index (Phi) is 7.22. The molecule has 1 saturated carbocycles. The summed E-state index contributed by atoms with van der Waals surface area (Å²) in [5.41, 5.74) is 7.37. The molecule has 1 aliphatic rings. The van der Waals surface area contributed by atoms with E-state index < -0.39 is 0 Å². The number of benzene rings is 2. The normalized spacial score (nSPS) is 13.3. The van der Waals surface area contributed by atoms with Crippen molar-refractivity contribution in [1.82, 2.24) is 14.5 Å². The molecule has 5 rings (SSSR count). The molecule has 4 aromatic rings. The van der Waals surface area contributed by atoms with Crippen molar-refractivity contribution in [2.75, 3.05) is 6.61 Å². The maximum atomic E-state index is 11.6. The zero-order valence-corrected chi connectivity index (χ0v) is 20.5. The van der Waals surface area contributed by atoms with Gasteiger partial charge in [0.25, 0.3) is 0 Å². The molecule has 35 heavy (non-hydrogen) atoms. The lowest BCUT2D eigenvalue weighted by Gasteiger charge is -2.12. The summed E-state index contributed by atoms with van der Waals surface area (Å²) in [6.45, 7) is 3.25. The van der Waals surface area contributed by atoms with Crippen molar-refractivity contribution in [2.45, 2.75) is 64.3 Å². The summed E-state index contributed by atoms with van der Waals surface area (Å²) < 4.78 is 7.44. The number of hydrogen-bond acceptors (Lipinski definition) is 4. The summed E-state index contributed by atoms with van der Waals surface area (Å²) in [4.78, 5) is 22.0. The molecule has 2 aromatic heterocycles. The van der Waals surface area contributed by atoms with Crippen LogP contribution in [0, 0.1) is 0 Å². The van der Waals surface area contributed by atoms with Gasteiger partial charge in [-0.3, -0.25) is 4.79 Å². The fourth-order valence-corrected chi connectivity index (χ4v) is 4.75. The number of nitrogens with zero attached hydrogens (tertiary/aromatic N) is 3. The molecule has 0 radical (unpaired) electrons. The standard InChI is InChI=1S/C30H33N3O2/c1-2-35-27(34)17-11-3-4-12-20-33-26(22-18-19-22)21-25-30(33)32-29(24-15-9-6-10-16-24)28(31-25)23-13-7-5-8-14-23/h5-10,13-16,21-22H,2-4,11-12,17-20H2,1H3. The number of aryl methyl sites for hydroxylation is 1. The molecule has 1 aliphatic carbocycles. The number of carbonyl (C=O) groups is 1. The van der Waals surface area contributed by atoms with Gasteiger partial charge in [0.15, 0.2) is 5.65 Å². The number of unbranched alkanes of at least 4 members (excludes halogenated alkanes) is 3. The summed E-state index contributed by atoms with van der Waals surface area (Å²) >= 11 is 0. The smallest absolute Gasteiger partial charge is 0.305 e. The maximum Gasteiger partial charge on any atom is 0.305 e. The third kappa shape index (κ3) is 5.45. The van der Waals surface area contributed by atoms with Gasteiger partial charge in [0, 0.05) is 29.8 Å². The summed E-state index contributed by atoms with van der Waals surface area (Å²) in [5.74, 6) is 0.535. The molecule has 1 fully saturated rings. The molecule has 5 nitrogen and oxygen atoms in total. The van der Waals surface area contributed by atoms with Gasteiger partial charge in [0.2, 0.25) is 0 Å². The SMILES string of the molecule is CCOC(=O)CCCCCCn1c(C2CC2)cc2nc(-c3ccccc3)c(-c3ccccc3)nc21. The first-order valence-electron chi connectivity index (χ1n) is 12.9. The number of esters is 1. The third-order valence-corrected chi connectivity index (χ3v) is 6.66. The van der Waals surface area contributed by atoms with E-state index in [1.54, 1.807) is 0 Å². The van der Waals surface area contributed by atoms with Gasteiger partial charge >= 0.3 is 5.97 Å². The first-order chi connectivity index (χ1) is 17.2. The van der Waals surface area contributed by atoms with Crippen LogP contribution in [0.4, 0.5) is 0 Å². The van der Waals surface area contributed by atoms with Crippen molar-refractivity contribution in [3.63, 3.8) is 0 Å². The maximum absolute atomic E-state index is 11.6. The van der Waals surface area contributed by atoms with Crippen LogP contribution >= 0.6 is 0 Å². The summed E-state index contributed by atoms with van der Waals surface area (Å²) in [5, 5.41) is 0. The van der Waals surface area contributed by atoms with Gasteiger partial charge in [-0.2, -0.15) is 0 Å². The predicted molar refractivity (Wildman–Crippen MR) is 140 cm³/mol.